The quantitative estimate of drug-likeness (QED) is 0.826. The lowest BCUT2D eigenvalue weighted by molar-refractivity contribution is 0.319. The van der Waals surface area contributed by atoms with Gasteiger partial charge in [-0.25, -0.2) is 0 Å². The molecule has 0 aliphatic carbocycles. The van der Waals surface area contributed by atoms with Gasteiger partial charge in [0.05, 0.1) is 17.6 Å². The van der Waals surface area contributed by atoms with E-state index in [4.69, 9.17) is 5.73 Å². The van der Waals surface area contributed by atoms with E-state index in [0.717, 1.165) is 37.4 Å². The van der Waals surface area contributed by atoms with Crippen LogP contribution >= 0.6 is 0 Å². The Kier molecular flexibility index (Phi) is 4.44. The maximum atomic E-state index is 5.49. The SMILES string of the molecule is CN(CCCN)Cc1cnn(-c2ccccc2)n1. The summed E-state index contributed by atoms with van der Waals surface area (Å²) in [6.07, 6.45) is 2.81. The van der Waals surface area contributed by atoms with Gasteiger partial charge in [0.25, 0.3) is 0 Å². The van der Waals surface area contributed by atoms with E-state index in [-0.39, 0.29) is 0 Å². The highest BCUT2D eigenvalue weighted by Gasteiger charge is 2.05. The predicted molar refractivity (Wildman–Crippen MR) is 71.4 cm³/mol. The molecule has 0 atom stereocenters. The predicted octanol–water partition coefficient (Wildman–Crippen LogP) is 1.05. The molecule has 0 amide bonds. The summed E-state index contributed by atoms with van der Waals surface area (Å²) in [6, 6.07) is 9.91. The third-order valence-corrected chi connectivity index (χ3v) is 2.70. The van der Waals surface area contributed by atoms with Crippen LogP contribution in [0.2, 0.25) is 0 Å². The number of nitrogens with two attached hydrogens (primary N) is 1. The number of hydrogen-bond donors (Lipinski definition) is 1. The van der Waals surface area contributed by atoms with Crippen molar-refractivity contribution in [1.82, 2.24) is 19.9 Å². The van der Waals surface area contributed by atoms with Gasteiger partial charge in [-0.15, -0.1) is 0 Å². The third-order valence-electron chi connectivity index (χ3n) is 2.70. The van der Waals surface area contributed by atoms with E-state index < -0.39 is 0 Å². The average Bonchev–Trinajstić information content (AvgIpc) is 2.86. The van der Waals surface area contributed by atoms with Gasteiger partial charge in [0.2, 0.25) is 0 Å². The Morgan fingerprint density at radius 3 is 2.78 bits per heavy atom. The molecule has 2 rings (SSSR count). The molecule has 2 N–H and O–H groups in total. The van der Waals surface area contributed by atoms with Gasteiger partial charge in [0.15, 0.2) is 0 Å². The normalized spacial score (nSPS) is 11.1. The number of para-hydroxylation sites is 1. The minimum atomic E-state index is 0.723. The van der Waals surface area contributed by atoms with Gasteiger partial charge in [0, 0.05) is 6.54 Å². The van der Waals surface area contributed by atoms with Crippen molar-refractivity contribution in [2.75, 3.05) is 20.1 Å². The summed E-state index contributed by atoms with van der Waals surface area (Å²) in [5.74, 6) is 0. The second kappa shape index (κ2) is 6.28. The standard InChI is InChI=1S/C13H19N5/c1-17(9-5-8-14)11-12-10-15-18(16-12)13-6-3-2-4-7-13/h2-4,6-7,10H,5,8-9,11,14H2,1H3. The molecule has 96 valence electrons. The summed E-state index contributed by atoms with van der Waals surface area (Å²) in [4.78, 5) is 3.86. The fourth-order valence-corrected chi connectivity index (χ4v) is 1.77. The second-order valence-electron chi connectivity index (χ2n) is 4.34. The minimum Gasteiger partial charge on any atom is -0.330 e. The molecule has 0 saturated heterocycles. The molecule has 0 aliphatic heterocycles. The zero-order chi connectivity index (χ0) is 12.8. The molecule has 0 fully saturated rings. The Hall–Kier alpha value is -1.72. The van der Waals surface area contributed by atoms with E-state index >= 15 is 0 Å². The Labute approximate surface area is 107 Å². The Bertz CT molecular complexity index is 465. The van der Waals surface area contributed by atoms with Gasteiger partial charge >= 0.3 is 0 Å². The summed E-state index contributed by atoms with van der Waals surface area (Å²) in [7, 11) is 2.07. The highest BCUT2D eigenvalue weighted by Crippen LogP contribution is 2.05. The fraction of sp³-hybridized carbons (Fsp3) is 0.385. The average molecular weight is 245 g/mol. The van der Waals surface area contributed by atoms with E-state index in [1.807, 2.05) is 36.5 Å². The molecule has 0 unspecified atom stereocenters. The first-order valence-corrected chi connectivity index (χ1v) is 6.15. The third kappa shape index (κ3) is 3.38. The van der Waals surface area contributed by atoms with E-state index in [1.54, 1.807) is 4.80 Å². The lowest BCUT2D eigenvalue weighted by Crippen LogP contribution is -2.21. The minimum absolute atomic E-state index is 0.723. The molecule has 5 nitrogen and oxygen atoms in total. The topological polar surface area (TPSA) is 60.0 Å². The van der Waals surface area contributed by atoms with Crippen LogP contribution in [0.5, 0.6) is 0 Å². The number of nitrogens with zero attached hydrogens (tertiary/aromatic N) is 4. The van der Waals surface area contributed by atoms with Crippen LogP contribution in [0.1, 0.15) is 12.1 Å². The van der Waals surface area contributed by atoms with Crippen molar-refractivity contribution in [3.05, 3.63) is 42.2 Å². The van der Waals surface area contributed by atoms with Crippen molar-refractivity contribution in [2.45, 2.75) is 13.0 Å². The second-order valence-corrected chi connectivity index (χ2v) is 4.34. The van der Waals surface area contributed by atoms with Gasteiger partial charge < -0.3 is 10.6 Å². The summed E-state index contributed by atoms with van der Waals surface area (Å²) >= 11 is 0. The monoisotopic (exact) mass is 245 g/mol. The van der Waals surface area contributed by atoms with Crippen LogP contribution < -0.4 is 5.73 Å². The molecule has 0 spiro atoms. The molecular weight excluding hydrogens is 226 g/mol. The smallest absolute Gasteiger partial charge is 0.0971 e. The lowest BCUT2D eigenvalue weighted by Gasteiger charge is -2.13. The van der Waals surface area contributed by atoms with Crippen molar-refractivity contribution in [2.24, 2.45) is 5.73 Å². The summed E-state index contributed by atoms with van der Waals surface area (Å²) in [5.41, 5.74) is 7.44. The van der Waals surface area contributed by atoms with E-state index in [0.29, 0.717) is 0 Å². The van der Waals surface area contributed by atoms with Crippen LogP contribution in [0.15, 0.2) is 36.5 Å². The van der Waals surface area contributed by atoms with Gasteiger partial charge in [0.1, 0.15) is 0 Å². The zero-order valence-corrected chi connectivity index (χ0v) is 10.7. The molecule has 1 heterocycles. The Morgan fingerprint density at radius 1 is 1.28 bits per heavy atom. The maximum absolute atomic E-state index is 5.49. The van der Waals surface area contributed by atoms with Crippen molar-refractivity contribution in [3.8, 4) is 5.69 Å². The first-order chi connectivity index (χ1) is 8.79. The van der Waals surface area contributed by atoms with Gasteiger partial charge in [-0.2, -0.15) is 15.0 Å². The van der Waals surface area contributed by atoms with Crippen LogP contribution in [-0.4, -0.2) is 40.0 Å². The molecule has 0 aliphatic rings. The first kappa shape index (κ1) is 12.7. The number of rotatable bonds is 6. The van der Waals surface area contributed by atoms with E-state index in [2.05, 4.69) is 22.1 Å². The largest absolute Gasteiger partial charge is 0.330 e. The van der Waals surface area contributed by atoms with Crippen LogP contribution in [0.4, 0.5) is 0 Å². The van der Waals surface area contributed by atoms with Gasteiger partial charge in [-0.1, -0.05) is 18.2 Å². The summed E-state index contributed by atoms with van der Waals surface area (Å²) < 4.78 is 0. The van der Waals surface area contributed by atoms with Crippen LogP contribution in [0, 0.1) is 0 Å². The zero-order valence-electron chi connectivity index (χ0n) is 10.7. The Balaban J connectivity index is 1.98. The van der Waals surface area contributed by atoms with Gasteiger partial charge in [-0.3, -0.25) is 0 Å². The van der Waals surface area contributed by atoms with Crippen molar-refractivity contribution in [1.29, 1.82) is 0 Å². The number of aromatic nitrogens is 3. The van der Waals surface area contributed by atoms with E-state index in [9.17, 15) is 0 Å². The molecule has 0 radical (unpaired) electrons. The molecule has 0 saturated carbocycles. The maximum Gasteiger partial charge on any atom is 0.0971 e. The van der Waals surface area contributed by atoms with E-state index in [1.165, 1.54) is 0 Å². The molecule has 0 bridgehead atoms. The van der Waals surface area contributed by atoms with Crippen molar-refractivity contribution in [3.63, 3.8) is 0 Å². The van der Waals surface area contributed by atoms with Crippen LogP contribution in [0.3, 0.4) is 0 Å². The van der Waals surface area contributed by atoms with Crippen molar-refractivity contribution >= 4 is 0 Å². The molecular formula is C13H19N5. The molecule has 2 aromatic rings. The summed E-state index contributed by atoms with van der Waals surface area (Å²) in [6.45, 7) is 2.50. The van der Waals surface area contributed by atoms with Crippen LogP contribution in [0.25, 0.3) is 5.69 Å². The fourth-order valence-electron chi connectivity index (χ4n) is 1.77. The first-order valence-electron chi connectivity index (χ1n) is 6.15. The van der Waals surface area contributed by atoms with Crippen LogP contribution in [-0.2, 0) is 6.54 Å². The Morgan fingerprint density at radius 2 is 2.06 bits per heavy atom. The van der Waals surface area contributed by atoms with Crippen molar-refractivity contribution < 1.29 is 0 Å². The summed E-state index contributed by atoms with van der Waals surface area (Å²) in [5, 5.41) is 8.74. The lowest BCUT2D eigenvalue weighted by atomic mass is 10.3. The highest BCUT2D eigenvalue weighted by atomic mass is 15.5. The molecule has 1 aromatic carbocycles. The number of hydrogen-bond acceptors (Lipinski definition) is 4. The number of benzene rings is 1. The molecule has 5 heteroatoms. The molecule has 1 aromatic heterocycles. The van der Waals surface area contributed by atoms with Gasteiger partial charge in [-0.05, 0) is 38.7 Å². The highest BCUT2D eigenvalue weighted by molar-refractivity contribution is 5.28. The molecule has 18 heavy (non-hydrogen) atoms.